The van der Waals surface area contributed by atoms with Gasteiger partial charge in [0.1, 0.15) is 5.75 Å². The van der Waals surface area contributed by atoms with Gasteiger partial charge in [-0.3, -0.25) is 9.59 Å². The van der Waals surface area contributed by atoms with Crippen molar-refractivity contribution in [3.05, 3.63) is 53.6 Å². The highest BCUT2D eigenvalue weighted by molar-refractivity contribution is 5.99. The summed E-state index contributed by atoms with van der Waals surface area (Å²) in [5.74, 6) is 0.661. The summed E-state index contributed by atoms with van der Waals surface area (Å²) in [5, 5.41) is 2.89. The molecule has 0 aliphatic carbocycles. The van der Waals surface area contributed by atoms with Gasteiger partial charge in [-0.25, -0.2) is 0 Å². The van der Waals surface area contributed by atoms with Crippen molar-refractivity contribution in [2.45, 2.75) is 39.2 Å². The summed E-state index contributed by atoms with van der Waals surface area (Å²) < 4.78 is 5.24. The Morgan fingerprint density at radius 1 is 1.24 bits per heavy atom. The predicted molar refractivity (Wildman–Crippen MR) is 115 cm³/mol. The molecule has 6 nitrogen and oxygen atoms in total. The van der Waals surface area contributed by atoms with E-state index in [1.807, 2.05) is 56.3 Å². The number of nitrogens with zero attached hydrogens (tertiary/aromatic N) is 1. The Hall–Kier alpha value is -2.86. The number of methoxy groups -OCH3 is 1. The normalized spacial score (nSPS) is 14.8. The van der Waals surface area contributed by atoms with Crippen LogP contribution in [0.1, 0.15) is 31.4 Å². The summed E-state index contributed by atoms with van der Waals surface area (Å²) in [5.41, 5.74) is 9.56. The minimum atomic E-state index is -0.556. The Kier molecular flexibility index (Phi) is 6.54. The van der Waals surface area contributed by atoms with Crippen molar-refractivity contribution in [1.29, 1.82) is 0 Å². The maximum atomic E-state index is 12.9. The number of fused-ring (bicyclic) bond motifs is 1. The van der Waals surface area contributed by atoms with Gasteiger partial charge in [0.2, 0.25) is 11.8 Å². The molecular weight excluding hydrogens is 366 g/mol. The van der Waals surface area contributed by atoms with Gasteiger partial charge < -0.3 is 20.7 Å². The molecule has 2 unspecified atom stereocenters. The lowest BCUT2D eigenvalue weighted by Crippen LogP contribution is -2.40. The topological polar surface area (TPSA) is 84.7 Å². The van der Waals surface area contributed by atoms with E-state index in [9.17, 15) is 9.59 Å². The van der Waals surface area contributed by atoms with Gasteiger partial charge in [0.15, 0.2) is 0 Å². The molecule has 29 heavy (non-hydrogen) atoms. The largest absolute Gasteiger partial charge is 0.497 e. The van der Waals surface area contributed by atoms with Crippen LogP contribution in [0, 0.1) is 5.92 Å². The van der Waals surface area contributed by atoms with Crippen LogP contribution in [0.15, 0.2) is 42.5 Å². The first-order valence-electron chi connectivity index (χ1n) is 10.1. The molecule has 0 saturated carbocycles. The van der Waals surface area contributed by atoms with Crippen molar-refractivity contribution in [2.75, 3.05) is 23.9 Å². The number of amides is 2. The van der Waals surface area contributed by atoms with Crippen molar-refractivity contribution in [2.24, 2.45) is 11.7 Å². The Labute approximate surface area is 172 Å². The first-order valence-corrected chi connectivity index (χ1v) is 10.1. The highest BCUT2D eigenvalue weighted by Gasteiger charge is 2.26. The minimum absolute atomic E-state index is 0.0248. The minimum Gasteiger partial charge on any atom is -0.497 e. The third kappa shape index (κ3) is 4.77. The lowest BCUT2D eigenvalue weighted by molar-refractivity contribution is -0.118. The molecule has 0 saturated heterocycles. The van der Waals surface area contributed by atoms with Crippen LogP contribution < -0.4 is 20.7 Å². The van der Waals surface area contributed by atoms with Gasteiger partial charge in [0, 0.05) is 17.9 Å². The smallest absolute Gasteiger partial charge is 0.241 e. The molecule has 0 spiro atoms. The van der Waals surface area contributed by atoms with Crippen molar-refractivity contribution in [3.8, 4) is 5.75 Å². The fraction of sp³-hybridized carbons (Fsp3) is 0.391. The fourth-order valence-corrected chi connectivity index (χ4v) is 3.51. The van der Waals surface area contributed by atoms with E-state index in [0.29, 0.717) is 18.7 Å². The molecule has 0 aromatic heterocycles. The molecule has 0 radical (unpaired) electrons. The molecule has 3 rings (SSSR count). The SMILES string of the molecule is CCC(C)C(N)C(=O)Nc1ccc2c(c1)N(C(=O)Cc1cccc(OC)c1)CC2. The quantitative estimate of drug-likeness (QED) is 0.754. The standard InChI is InChI=1S/C23H29N3O3/c1-4-15(2)22(24)23(28)25-18-9-8-17-10-11-26(20(17)14-18)21(27)13-16-6-5-7-19(12-16)29-3/h5-9,12,14-15,22H,4,10-11,13,24H2,1-3H3,(H,25,28). The van der Waals surface area contributed by atoms with Crippen LogP contribution in [0.4, 0.5) is 11.4 Å². The van der Waals surface area contributed by atoms with Gasteiger partial charge in [-0.05, 0) is 47.7 Å². The average Bonchev–Trinajstić information content (AvgIpc) is 3.16. The third-order valence-electron chi connectivity index (χ3n) is 5.60. The number of nitrogens with two attached hydrogens (primary N) is 1. The second kappa shape index (κ2) is 9.09. The van der Waals surface area contributed by atoms with E-state index >= 15 is 0 Å². The van der Waals surface area contributed by atoms with Gasteiger partial charge in [-0.2, -0.15) is 0 Å². The average molecular weight is 396 g/mol. The third-order valence-corrected chi connectivity index (χ3v) is 5.60. The zero-order valence-electron chi connectivity index (χ0n) is 17.3. The molecule has 0 fully saturated rings. The molecule has 0 bridgehead atoms. The molecule has 2 atom stereocenters. The monoisotopic (exact) mass is 395 g/mol. The summed E-state index contributed by atoms with van der Waals surface area (Å²) in [4.78, 5) is 27.1. The molecule has 1 aliphatic rings. The van der Waals surface area contributed by atoms with Gasteiger partial charge in [-0.15, -0.1) is 0 Å². The maximum Gasteiger partial charge on any atom is 0.241 e. The summed E-state index contributed by atoms with van der Waals surface area (Å²) in [6.07, 6.45) is 1.94. The zero-order chi connectivity index (χ0) is 21.0. The molecule has 2 amide bonds. The lowest BCUT2D eigenvalue weighted by atomic mass is 9.99. The predicted octanol–water partition coefficient (Wildman–Crippen LogP) is 3.14. The van der Waals surface area contributed by atoms with E-state index in [1.165, 1.54) is 0 Å². The Bertz CT molecular complexity index is 897. The fourth-order valence-electron chi connectivity index (χ4n) is 3.51. The number of carbonyl (C=O) groups is 2. The molecule has 6 heteroatoms. The lowest BCUT2D eigenvalue weighted by Gasteiger charge is -2.20. The highest BCUT2D eigenvalue weighted by atomic mass is 16.5. The number of hydrogen-bond acceptors (Lipinski definition) is 4. The molecule has 2 aromatic carbocycles. The Morgan fingerprint density at radius 2 is 2.03 bits per heavy atom. The van der Waals surface area contributed by atoms with Gasteiger partial charge in [-0.1, -0.05) is 38.5 Å². The Balaban J connectivity index is 1.73. The number of anilines is 2. The van der Waals surface area contributed by atoms with E-state index in [1.54, 1.807) is 12.0 Å². The van der Waals surface area contributed by atoms with Crippen LogP contribution in [-0.4, -0.2) is 31.5 Å². The zero-order valence-corrected chi connectivity index (χ0v) is 17.3. The summed E-state index contributed by atoms with van der Waals surface area (Å²) >= 11 is 0. The first-order chi connectivity index (χ1) is 13.9. The van der Waals surface area contributed by atoms with Crippen LogP contribution in [0.5, 0.6) is 5.75 Å². The van der Waals surface area contributed by atoms with Gasteiger partial charge in [0.05, 0.1) is 19.6 Å². The number of hydrogen-bond donors (Lipinski definition) is 2. The Morgan fingerprint density at radius 3 is 2.76 bits per heavy atom. The van der Waals surface area contributed by atoms with Crippen molar-refractivity contribution >= 4 is 23.2 Å². The van der Waals surface area contributed by atoms with Crippen LogP contribution in [0.3, 0.4) is 0 Å². The van der Waals surface area contributed by atoms with E-state index in [2.05, 4.69) is 5.32 Å². The second-order valence-electron chi connectivity index (χ2n) is 7.57. The molecular formula is C23H29N3O3. The number of carbonyl (C=O) groups excluding carboxylic acids is 2. The van der Waals surface area contributed by atoms with Crippen LogP contribution >= 0.6 is 0 Å². The van der Waals surface area contributed by atoms with Crippen molar-refractivity contribution < 1.29 is 14.3 Å². The van der Waals surface area contributed by atoms with E-state index in [0.717, 1.165) is 35.4 Å². The number of nitrogens with one attached hydrogen (secondary N) is 1. The number of benzene rings is 2. The summed E-state index contributed by atoms with van der Waals surface area (Å²) in [6.45, 7) is 4.62. The number of rotatable bonds is 7. The number of ether oxygens (including phenoxy) is 1. The molecule has 154 valence electrons. The van der Waals surface area contributed by atoms with E-state index in [-0.39, 0.29) is 17.7 Å². The molecule has 2 aromatic rings. The maximum absolute atomic E-state index is 12.9. The van der Waals surface area contributed by atoms with Crippen molar-refractivity contribution in [1.82, 2.24) is 0 Å². The first kappa shape index (κ1) is 20.9. The van der Waals surface area contributed by atoms with Crippen LogP contribution in [0.25, 0.3) is 0 Å². The molecule has 3 N–H and O–H groups in total. The van der Waals surface area contributed by atoms with E-state index in [4.69, 9.17) is 10.5 Å². The van der Waals surface area contributed by atoms with Crippen LogP contribution in [-0.2, 0) is 22.4 Å². The van der Waals surface area contributed by atoms with E-state index < -0.39 is 6.04 Å². The van der Waals surface area contributed by atoms with Crippen molar-refractivity contribution in [3.63, 3.8) is 0 Å². The highest BCUT2D eigenvalue weighted by Crippen LogP contribution is 2.31. The second-order valence-corrected chi connectivity index (χ2v) is 7.57. The summed E-state index contributed by atoms with van der Waals surface area (Å²) in [6, 6.07) is 12.7. The van der Waals surface area contributed by atoms with Gasteiger partial charge >= 0.3 is 0 Å². The van der Waals surface area contributed by atoms with Gasteiger partial charge in [0.25, 0.3) is 0 Å². The summed E-state index contributed by atoms with van der Waals surface area (Å²) in [7, 11) is 1.61. The van der Waals surface area contributed by atoms with Crippen LogP contribution in [0.2, 0.25) is 0 Å². The molecule has 1 heterocycles. The molecule has 1 aliphatic heterocycles.